The minimum Gasteiger partial charge on any atom is -0.478 e. The van der Waals surface area contributed by atoms with Crippen molar-refractivity contribution >= 4 is 11.7 Å². The number of hydrogen-bond acceptors (Lipinski definition) is 4. The second-order valence-corrected chi connectivity index (χ2v) is 4.30. The third kappa shape index (κ3) is 4.54. The molecule has 0 aliphatic rings. The topological polar surface area (TPSA) is 59.0 Å². The molecule has 0 radical (unpaired) electrons. The SMILES string of the molecule is COCCN(CCOC)c1ccc(C)cc1C(=O)O. The van der Waals surface area contributed by atoms with Crippen molar-refractivity contribution in [2.24, 2.45) is 0 Å². The van der Waals surface area contributed by atoms with Gasteiger partial charge in [0, 0.05) is 27.3 Å². The first-order chi connectivity index (χ1) is 9.10. The molecule has 1 rings (SSSR count). The van der Waals surface area contributed by atoms with Gasteiger partial charge >= 0.3 is 5.97 Å². The highest BCUT2D eigenvalue weighted by Crippen LogP contribution is 2.22. The normalized spacial score (nSPS) is 10.5. The molecule has 5 nitrogen and oxygen atoms in total. The van der Waals surface area contributed by atoms with Crippen LogP contribution in [0.15, 0.2) is 18.2 Å². The smallest absolute Gasteiger partial charge is 0.337 e. The van der Waals surface area contributed by atoms with Crippen molar-refractivity contribution in [3.63, 3.8) is 0 Å². The largest absolute Gasteiger partial charge is 0.478 e. The van der Waals surface area contributed by atoms with E-state index in [-0.39, 0.29) is 0 Å². The van der Waals surface area contributed by atoms with Crippen LogP contribution in [0.25, 0.3) is 0 Å². The molecule has 0 aromatic heterocycles. The Morgan fingerprint density at radius 3 is 2.26 bits per heavy atom. The van der Waals surface area contributed by atoms with Gasteiger partial charge in [0.1, 0.15) is 0 Å². The predicted octanol–water partition coefficient (Wildman–Crippen LogP) is 1.79. The lowest BCUT2D eigenvalue weighted by Crippen LogP contribution is -2.32. The van der Waals surface area contributed by atoms with Crippen LogP contribution in [0, 0.1) is 6.92 Å². The number of aromatic carboxylic acids is 1. The van der Waals surface area contributed by atoms with Gasteiger partial charge in [-0.1, -0.05) is 11.6 Å². The Morgan fingerprint density at radius 1 is 1.21 bits per heavy atom. The second-order valence-electron chi connectivity index (χ2n) is 4.30. The molecule has 0 saturated carbocycles. The molecule has 0 spiro atoms. The summed E-state index contributed by atoms with van der Waals surface area (Å²) in [6, 6.07) is 5.43. The Labute approximate surface area is 113 Å². The lowest BCUT2D eigenvalue weighted by molar-refractivity contribution is 0.0697. The van der Waals surface area contributed by atoms with Crippen molar-refractivity contribution in [2.75, 3.05) is 45.4 Å². The summed E-state index contributed by atoms with van der Waals surface area (Å²) < 4.78 is 10.1. The molecule has 1 N–H and O–H groups in total. The number of benzene rings is 1. The molecule has 0 heterocycles. The van der Waals surface area contributed by atoms with Gasteiger partial charge in [-0.3, -0.25) is 0 Å². The van der Waals surface area contributed by atoms with Crippen LogP contribution in [0.5, 0.6) is 0 Å². The maximum absolute atomic E-state index is 11.3. The summed E-state index contributed by atoms with van der Waals surface area (Å²) in [6.45, 7) is 4.21. The first-order valence-electron chi connectivity index (χ1n) is 6.17. The Bertz CT molecular complexity index is 412. The van der Waals surface area contributed by atoms with Gasteiger partial charge in [0.25, 0.3) is 0 Å². The number of methoxy groups -OCH3 is 2. The molecule has 1 aromatic rings. The third-order valence-corrected chi connectivity index (χ3v) is 2.85. The molecular weight excluding hydrogens is 246 g/mol. The number of nitrogens with zero attached hydrogens (tertiary/aromatic N) is 1. The van der Waals surface area contributed by atoms with Crippen LogP contribution in [0.4, 0.5) is 5.69 Å². The van der Waals surface area contributed by atoms with Crippen molar-refractivity contribution < 1.29 is 19.4 Å². The molecule has 0 bridgehead atoms. The molecule has 0 aliphatic heterocycles. The zero-order valence-electron chi connectivity index (χ0n) is 11.7. The molecule has 1 aromatic carbocycles. The summed E-state index contributed by atoms with van der Waals surface area (Å²) in [5, 5.41) is 9.30. The van der Waals surface area contributed by atoms with Crippen LogP contribution in [-0.2, 0) is 9.47 Å². The summed E-state index contributed by atoms with van der Waals surface area (Å²) in [6.07, 6.45) is 0. The minimum absolute atomic E-state index is 0.312. The van der Waals surface area contributed by atoms with E-state index in [4.69, 9.17) is 9.47 Å². The number of ether oxygens (including phenoxy) is 2. The Hall–Kier alpha value is -1.59. The molecule has 5 heteroatoms. The van der Waals surface area contributed by atoms with Gasteiger partial charge in [-0.2, -0.15) is 0 Å². The van der Waals surface area contributed by atoms with Gasteiger partial charge in [-0.25, -0.2) is 4.79 Å². The maximum atomic E-state index is 11.3. The Morgan fingerprint density at radius 2 is 1.79 bits per heavy atom. The van der Waals surface area contributed by atoms with Crippen molar-refractivity contribution in [1.82, 2.24) is 0 Å². The van der Waals surface area contributed by atoms with E-state index in [2.05, 4.69) is 0 Å². The molecule has 19 heavy (non-hydrogen) atoms. The third-order valence-electron chi connectivity index (χ3n) is 2.85. The second kappa shape index (κ2) is 7.76. The van der Waals surface area contributed by atoms with Crippen LogP contribution >= 0.6 is 0 Å². The van der Waals surface area contributed by atoms with Gasteiger partial charge in [0.15, 0.2) is 0 Å². The molecule has 106 valence electrons. The van der Waals surface area contributed by atoms with E-state index in [9.17, 15) is 9.90 Å². The molecule has 0 aliphatic carbocycles. The first kappa shape index (κ1) is 15.5. The quantitative estimate of drug-likeness (QED) is 0.778. The number of aryl methyl sites for hydroxylation is 1. The van der Waals surface area contributed by atoms with Gasteiger partial charge in [-0.05, 0) is 19.1 Å². The Balaban J connectivity index is 3.02. The monoisotopic (exact) mass is 267 g/mol. The molecule has 0 fully saturated rings. The average Bonchev–Trinajstić information content (AvgIpc) is 2.39. The van der Waals surface area contributed by atoms with Crippen LogP contribution in [-0.4, -0.2) is 51.6 Å². The Kier molecular flexibility index (Phi) is 6.32. The van der Waals surface area contributed by atoms with Crippen LogP contribution in [0.3, 0.4) is 0 Å². The molecule has 0 amide bonds. The first-order valence-corrected chi connectivity index (χ1v) is 6.17. The number of anilines is 1. The van der Waals surface area contributed by atoms with E-state index in [1.807, 2.05) is 24.0 Å². The van der Waals surface area contributed by atoms with Gasteiger partial charge < -0.3 is 19.5 Å². The highest BCUT2D eigenvalue weighted by Gasteiger charge is 2.16. The fourth-order valence-electron chi connectivity index (χ4n) is 1.85. The minimum atomic E-state index is -0.918. The lowest BCUT2D eigenvalue weighted by atomic mass is 10.1. The van der Waals surface area contributed by atoms with Crippen LogP contribution in [0.2, 0.25) is 0 Å². The summed E-state index contributed by atoms with van der Waals surface area (Å²) in [4.78, 5) is 13.3. The number of carbonyl (C=O) groups is 1. The van der Waals surface area contributed by atoms with Crippen LogP contribution in [0.1, 0.15) is 15.9 Å². The van der Waals surface area contributed by atoms with Crippen LogP contribution < -0.4 is 4.90 Å². The van der Waals surface area contributed by atoms with Gasteiger partial charge in [0.05, 0.1) is 24.5 Å². The van der Waals surface area contributed by atoms with Crippen molar-refractivity contribution in [3.8, 4) is 0 Å². The molecule has 0 unspecified atom stereocenters. The van der Waals surface area contributed by atoms with E-state index < -0.39 is 5.97 Å². The summed E-state index contributed by atoms with van der Waals surface area (Å²) in [7, 11) is 3.25. The van der Waals surface area contributed by atoms with Gasteiger partial charge in [-0.15, -0.1) is 0 Å². The van der Waals surface area contributed by atoms with Crippen molar-refractivity contribution in [3.05, 3.63) is 29.3 Å². The number of carboxylic acid groups (broad SMARTS) is 1. The fraction of sp³-hybridized carbons (Fsp3) is 0.500. The van der Waals surface area contributed by atoms with E-state index in [1.165, 1.54) is 0 Å². The van der Waals surface area contributed by atoms with E-state index in [0.29, 0.717) is 37.6 Å². The zero-order chi connectivity index (χ0) is 14.3. The lowest BCUT2D eigenvalue weighted by Gasteiger charge is -2.26. The standard InChI is InChI=1S/C14H21NO4/c1-11-4-5-13(12(10-11)14(16)17)15(6-8-18-2)7-9-19-3/h4-5,10H,6-9H2,1-3H3,(H,16,17). The zero-order valence-corrected chi connectivity index (χ0v) is 11.7. The number of carboxylic acids is 1. The molecule has 0 saturated heterocycles. The predicted molar refractivity (Wildman–Crippen MR) is 74.1 cm³/mol. The van der Waals surface area contributed by atoms with E-state index in [1.54, 1.807) is 20.3 Å². The van der Waals surface area contributed by atoms with Crippen molar-refractivity contribution in [2.45, 2.75) is 6.92 Å². The molecule has 0 atom stereocenters. The summed E-state index contributed by atoms with van der Waals surface area (Å²) in [5.74, 6) is -0.918. The summed E-state index contributed by atoms with van der Waals surface area (Å²) >= 11 is 0. The number of hydrogen-bond donors (Lipinski definition) is 1. The maximum Gasteiger partial charge on any atom is 0.337 e. The van der Waals surface area contributed by atoms with E-state index >= 15 is 0 Å². The highest BCUT2D eigenvalue weighted by atomic mass is 16.5. The van der Waals surface area contributed by atoms with E-state index in [0.717, 1.165) is 5.56 Å². The average molecular weight is 267 g/mol. The fourth-order valence-corrected chi connectivity index (χ4v) is 1.85. The van der Waals surface area contributed by atoms with Gasteiger partial charge in [0.2, 0.25) is 0 Å². The highest BCUT2D eigenvalue weighted by molar-refractivity contribution is 5.94. The molecular formula is C14H21NO4. The number of rotatable bonds is 8. The summed E-state index contributed by atoms with van der Waals surface area (Å²) in [5.41, 5.74) is 1.94. The van der Waals surface area contributed by atoms with Crippen molar-refractivity contribution in [1.29, 1.82) is 0 Å².